The molecular weight excluding hydrogens is 323 g/mol. The van der Waals surface area contributed by atoms with E-state index in [9.17, 15) is 22.0 Å². The van der Waals surface area contributed by atoms with Crippen LogP contribution in [-0.2, 0) is 4.74 Å². The summed E-state index contributed by atoms with van der Waals surface area (Å²) < 4.78 is 65.9. The summed E-state index contributed by atoms with van der Waals surface area (Å²) in [5.41, 5.74) is 0.0607. The molecule has 1 aromatic carbocycles. The van der Waals surface area contributed by atoms with Crippen molar-refractivity contribution >= 4 is 15.9 Å². The van der Waals surface area contributed by atoms with Gasteiger partial charge in [0.05, 0.1) is 0 Å². The molecule has 0 saturated heterocycles. The van der Waals surface area contributed by atoms with Crippen molar-refractivity contribution in [2.45, 2.75) is 17.4 Å². The van der Waals surface area contributed by atoms with Gasteiger partial charge in [-0.3, -0.25) is 0 Å². The van der Waals surface area contributed by atoms with Crippen LogP contribution in [0.25, 0.3) is 0 Å². The van der Waals surface area contributed by atoms with Crippen molar-refractivity contribution in [3.63, 3.8) is 0 Å². The third kappa shape index (κ3) is 5.30. The van der Waals surface area contributed by atoms with E-state index in [2.05, 4.69) is 20.7 Å². The summed E-state index contributed by atoms with van der Waals surface area (Å²) in [6, 6.07) is 2.94. The van der Waals surface area contributed by atoms with Gasteiger partial charge in [-0.25, -0.2) is 8.78 Å². The van der Waals surface area contributed by atoms with Crippen LogP contribution in [0.4, 0.5) is 22.0 Å². The molecule has 0 amide bonds. The SMILES string of the molecule is Fc1ccc(F)c(C(Br)CCOCC(F)(F)F)c1. The largest absolute Gasteiger partial charge is 0.411 e. The van der Waals surface area contributed by atoms with Crippen molar-refractivity contribution in [1.82, 2.24) is 0 Å². The first kappa shape index (κ1) is 15.4. The Bertz CT molecular complexity index is 394. The molecule has 1 nitrogen and oxygen atoms in total. The number of alkyl halides is 4. The fourth-order valence-electron chi connectivity index (χ4n) is 1.28. The van der Waals surface area contributed by atoms with Gasteiger partial charge >= 0.3 is 6.18 Å². The Morgan fingerprint density at radius 2 is 1.89 bits per heavy atom. The monoisotopic (exact) mass is 332 g/mol. The highest BCUT2D eigenvalue weighted by atomic mass is 79.9. The molecule has 0 saturated carbocycles. The molecule has 18 heavy (non-hydrogen) atoms. The third-order valence-electron chi connectivity index (χ3n) is 2.08. The Morgan fingerprint density at radius 3 is 2.50 bits per heavy atom. The average Bonchev–Trinajstić information content (AvgIpc) is 2.26. The molecule has 1 atom stereocenters. The van der Waals surface area contributed by atoms with Gasteiger partial charge in [0.25, 0.3) is 0 Å². The summed E-state index contributed by atoms with van der Waals surface area (Å²) in [6.45, 7) is -1.55. The maximum Gasteiger partial charge on any atom is 0.411 e. The summed E-state index contributed by atoms with van der Waals surface area (Å²) in [6.07, 6.45) is -4.28. The van der Waals surface area contributed by atoms with Gasteiger partial charge in [-0.05, 0) is 24.6 Å². The van der Waals surface area contributed by atoms with Gasteiger partial charge in [-0.2, -0.15) is 13.2 Å². The van der Waals surface area contributed by atoms with E-state index in [1.807, 2.05) is 0 Å². The Labute approximate surface area is 109 Å². The fraction of sp³-hybridized carbons (Fsp3) is 0.455. The van der Waals surface area contributed by atoms with Crippen LogP contribution >= 0.6 is 15.9 Å². The van der Waals surface area contributed by atoms with Gasteiger partial charge in [0, 0.05) is 17.0 Å². The van der Waals surface area contributed by atoms with Crippen LogP contribution < -0.4 is 0 Å². The number of ether oxygens (including phenoxy) is 1. The van der Waals surface area contributed by atoms with E-state index >= 15 is 0 Å². The van der Waals surface area contributed by atoms with E-state index in [1.54, 1.807) is 0 Å². The van der Waals surface area contributed by atoms with Crippen molar-refractivity contribution in [2.75, 3.05) is 13.2 Å². The van der Waals surface area contributed by atoms with Crippen LogP contribution in [0, 0.1) is 11.6 Å². The summed E-state index contributed by atoms with van der Waals surface area (Å²) in [7, 11) is 0. The summed E-state index contributed by atoms with van der Waals surface area (Å²) in [5, 5.41) is 0. The van der Waals surface area contributed by atoms with Gasteiger partial charge in [-0.15, -0.1) is 0 Å². The van der Waals surface area contributed by atoms with Crippen LogP contribution in [0.5, 0.6) is 0 Å². The van der Waals surface area contributed by atoms with Crippen molar-refractivity contribution in [3.05, 3.63) is 35.4 Å². The molecule has 0 N–H and O–H groups in total. The fourth-order valence-corrected chi connectivity index (χ4v) is 1.82. The van der Waals surface area contributed by atoms with E-state index in [0.717, 1.165) is 18.2 Å². The quantitative estimate of drug-likeness (QED) is 0.442. The second-order valence-corrected chi connectivity index (χ2v) is 4.70. The molecule has 0 radical (unpaired) electrons. The molecule has 102 valence electrons. The van der Waals surface area contributed by atoms with Gasteiger partial charge in [-0.1, -0.05) is 15.9 Å². The van der Waals surface area contributed by atoms with Crippen molar-refractivity contribution in [2.24, 2.45) is 0 Å². The van der Waals surface area contributed by atoms with Gasteiger partial charge < -0.3 is 4.74 Å². The molecule has 1 unspecified atom stereocenters. The van der Waals surface area contributed by atoms with E-state index in [0.29, 0.717) is 0 Å². The number of rotatable bonds is 5. The molecule has 0 aliphatic carbocycles. The highest BCUT2D eigenvalue weighted by Crippen LogP contribution is 2.29. The number of hydrogen-bond donors (Lipinski definition) is 0. The lowest BCUT2D eigenvalue weighted by atomic mass is 10.1. The zero-order chi connectivity index (χ0) is 13.8. The second kappa shape index (κ2) is 6.47. The molecule has 0 spiro atoms. The predicted molar refractivity (Wildman–Crippen MR) is 59.5 cm³/mol. The maximum atomic E-state index is 13.3. The van der Waals surface area contributed by atoms with E-state index in [4.69, 9.17) is 0 Å². The highest BCUT2D eigenvalue weighted by Gasteiger charge is 2.27. The lowest BCUT2D eigenvalue weighted by Crippen LogP contribution is -2.17. The molecule has 1 aromatic rings. The van der Waals surface area contributed by atoms with Crippen molar-refractivity contribution < 1.29 is 26.7 Å². The lowest BCUT2D eigenvalue weighted by Gasteiger charge is -2.12. The highest BCUT2D eigenvalue weighted by molar-refractivity contribution is 9.09. The first-order chi connectivity index (χ1) is 8.29. The molecular formula is C11H10BrF5O. The molecule has 0 aliphatic heterocycles. The summed E-state index contributed by atoms with van der Waals surface area (Å²) in [4.78, 5) is -0.596. The maximum absolute atomic E-state index is 13.3. The minimum absolute atomic E-state index is 0.0607. The molecule has 0 aromatic heterocycles. The molecule has 7 heteroatoms. The molecule has 1 rings (SSSR count). The van der Waals surface area contributed by atoms with Crippen molar-refractivity contribution in [3.8, 4) is 0 Å². The van der Waals surface area contributed by atoms with Gasteiger partial charge in [0.1, 0.15) is 18.2 Å². The Kier molecular flexibility index (Phi) is 5.52. The molecule has 0 aliphatic rings. The van der Waals surface area contributed by atoms with Gasteiger partial charge in [0.15, 0.2) is 0 Å². The Morgan fingerprint density at radius 1 is 1.22 bits per heavy atom. The average molecular weight is 333 g/mol. The minimum atomic E-state index is -4.38. The number of benzene rings is 1. The van der Waals surface area contributed by atoms with E-state index in [1.165, 1.54) is 0 Å². The zero-order valence-electron chi connectivity index (χ0n) is 9.11. The van der Waals surface area contributed by atoms with Crippen molar-refractivity contribution in [1.29, 1.82) is 0 Å². The van der Waals surface area contributed by atoms with Crippen LogP contribution in [-0.4, -0.2) is 19.4 Å². The van der Waals surface area contributed by atoms with Crippen LogP contribution in [0.1, 0.15) is 16.8 Å². The standard InChI is InChI=1S/C11H10BrF5O/c12-9(3-4-18-6-11(15,16)17)8-5-7(13)1-2-10(8)14/h1-2,5,9H,3-4,6H2. The van der Waals surface area contributed by atoms with Crippen LogP contribution in [0.3, 0.4) is 0 Å². The molecule has 0 heterocycles. The van der Waals surface area contributed by atoms with E-state index < -0.39 is 29.2 Å². The first-order valence-corrected chi connectivity index (χ1v) is 5.94. The number of halogens is 6. The van der Waals surface area contributed by atoms with Gasteiger partial charge in [0.2, 0.25) is 0 Å². The lowest BCUT2D eigenvalue weighted by molar-refractivity contribution is -0.174. The predicted octanol–water partition coefficient (Wildman–Crippen LogP) is 4.37. The summed E-state index contributed by atoms with van der Waals surface area (Å²) >= 11 is 3.08. The Hall–Kier alpha value is -0.690. The van der Waals surface area contributed by atoms with Crippen LogP contribution in [0.15, 0.2) is 18.2 Å². The normalized spacial score (nSPS) is 13.7. The second-order valence-electron chi connectivity index (χ2n) is 3.59. The Balaban J connectivity index is 2.45. The summed E-state index contributed by atoms with van der Waals surface area (Å²) in [5.74, 6) is -1.22. The smallest absolute Gasteiger partial charge is 0.372 e. The molecule has 0 bridgehead atoms. The van der Waals surface area contributed by atoms with E-state index in [-0.39, 0.29) is 18.6 Å². The molecule has 0 fully saturated rings. The third-order valence-corrected chi connectivity index (χ3v) is 3.03. The topological polar surface area (TPSA) is 9.23 Å². The zero-order valence-corrected chi connectivity index (χ0v) is 10.7. The first-order valence-electron chi connectivity index (χ1n) is 5.03. The van der Waals surface area contributed by atoms with Crippen LogP contribution in [0.2, 0.25) is 0 Å². The minimum Gasteiger partial charge on any atom is -0.372 e. The number of hydrogen-bond acceptors (Lipinski definition) is 1.